The minimum Gasteiger partial charge on any atom is -0.481 e. The van der Waals surface area contributed by atoms with E-state index in [1.807, 2.05) is 0 Å². The maximum atomic E-state index is 10.8. The zero-order valence-electron chi connectivity index (χ0n) is 10.8. The Morgan fingerprint density at radius 2 is 2.00 bits per heavy atom. The van der Waals surface area contributed by atoms with Crippen LogP contribution in [0, 0.1) is 11.8 Å². The van der Waals surface area contributed by atoms with Gasteiger partial charge in [0, 0.05) is 5.75 Å². The van der Waals surface area contributed by atoms with Crippen LogP contribution in [0.2, 0.25) is 0 Å². The van der Waals surface area contributed by atoms with Gasteiger partial charge >= 0.3 is 5.97 Å². The largest absolute Gasteiger partial charge is 0.481 e. The molecule has 0 aromatic rings. The summed E-state index contributed by atoms with van der Waals surface area (Å²) < 4.78 is 0. The Kier molecular flexibility index (Phi) is 5.80. The van der Waals surface area contributed by atoms with Crippen molar-refractivity contribution in [2.45, 2.75) is 51.6 Å². The monoisotopic (exact) mass is 260 g/mol. The minimum atomic E-state index is -0.709. The lowest BCUT2D eigenvalue weighted by Gasteiger charge is -2.34. The number of aliphatic carboxylic acids is 1. The summed E-state index contributed by atoms with van der Waals surface area (Å²) in [4.78, 5) is 10.8. The molecule has 0 spiro atoms. The van der Waals surface area contributed by atoms with Crippen molar-refractivity contribution in [2.24, 2.45) is 11.8 Å². The highest BCUT2D eigenvalue weighted by atomic mass is 32.2. The predicted molar refractivity (Wildman–Crippen MR) is 71.3 cm³/mol. The van der Waals surface area contributed by atoms with E-state index in [0.29, 0.717) is 31.6 Å². The van der Waals surface area contributed by atoms with Crippen molar-refractivity contribution < 1.29 is 15.0 Å². The lowest BCUT2D eigenvalue weighted by molar-refractivity contribution is -0.144. The van der Waals surface area contributed by atoms with Gasteiger partial charge in [-0.1, -0.05) is 13.8 Å². The number of carboxylic acids is 1. The molecule has 1 saturated carbocycles. The maximum Gasteiger partial charge on any atom is 0.306 e. The molecular weight excluding hydrogens is 236 g/mol. The number of carbonyl (C=O) groups is 1. The highest BCUT2D eigenvalue weighted by Crippen LogP contribution is 2.34. The molecule has 2 N–H and O–H groups in total. The molecule has 17 heavy (non-hydrogen) atoms. The van der Waals surface area contributed by atoms with Crippen molar-refractivity contribution in [1.82, 2.24) is 0 Å². The normalized spacial score (nSPS) is 29.5. The number of thioether (sulfide) groups is 1. The van der Waals surface area contributed by atoms with Crippen LogP contribution in [0.25, 0.3) is 0 Å². The molecule has 1 aliphatic rings. The Bertz CT molecular complexity index is 245. The van der Waals surface area contributed by atoms with Gasteiger partial charge in [-0.3, -0.25) is 4.79 Å². The van der Waals surface area contributed by atoms with E-state index < -0.39 is 11.6 Å². The van der Waals surface area contributed by atoms with Gasteiger partial charge in [-0.2, -0.15) is 11.8 Å². The molecule has 0 atom stereocenters. The lowest BCUT2D eigenvalue weighted by atomic mass is 9.80. The SMILES string of the molecule is CC(C)CCSCC1(O)CCC(C(=O)O)CC1. The summed E-state index contributed by atoms with van der Waals surface area (Å²) in [6, 6.07) is 0. The van der Waals surface area contributed by atoms with E-state index >= 15 is 0 Å². The topological polar surface area (TPSA) is 57.5 Å². The summed E-state index contributed by atoms with van der Waals surface area (Å²) in [6.07, 6.45) is 3.70. The Balaban J connectivity index is 2.22. The van der Waals surface area contributed by atoms with Crippen LogP contribution in [0.15, 0.2) is 0 Å². The maximum absolute atomic E-state index is 10.8. The molecule has 0 aromatic carbocycles. The second kappa shape index (κ2) is 6.64. The fourth-order valence-electron chi connectivity index (χ4n) is 2.13. The molecule has 4 heteroatoms. The summed E-state index contributed by atoms with van der Waals surface area (Å²) in [7, 11) is 0. The Morgan fingerprint density at radius 1 is 1.41 bits per heavy atom. The number of rotatable bonds is 6. The number of carboxylic acid groups (broad SMARTS) is 1. The zero-order chi connectivity index (χ0) is 12.9. The van der Waals surface area contributed by atoms with Crippen LogP contribution in [0.1, 0.15) is 46.0 Å². The molecule has 3 nitrogen and oxygen atoms in total. The molecule has 0 radical (unpaired) electrons. The van der Waals surface area contributed by atoms with E-state index in [1.54, 1.807) is 11.8 Å². The molecule has 0 aliphatic heterocycles. The summed E-state index contributed by atoms with van der Waals surface area (Å²) in [5.41, 5.74) is -0.617. The van der Waals surface area contributed by atoms with Gasteiger partial charge in [-0.15, -0.1) is 0 Å². The van der Waals surface area contributed by atoms with E-state index in [9.17, 15) is 9.90 Å². The molecule has 0 aromatic heterocycles. The van der Waals surface area contributed by atoms with Crippen LogP contribution in [-0.4, -0.2) is 33.3 Å². The smallest absolute Gasteiger partial charge is 0.306 e. The van der Waals surface area contributed by atoms with E-state index in [1.165, 1.54) is 6.42 Å². The Labute approximate surface area is 108 Å². The molecule has 1 aliphatic carbocycles. The highest BCUT2D eigenvalue weighted by Gasteiger charge is 2.35. The second-order valence-electron chi connectivity index (χ2n) is 5.57. The van der Waals surface area contributed by atoms with E-state index in [4.69, 9.17) is 5.11 Å². The van der Waals surface area contributed by atoms with Gasteiger partial charge in [-0.05, 0) is 43.8 Å². The molecule has 1 fully saturated rings. The average molecular weight is 260 g/mol. The third kappa shape index (κ3) is 5.30. The highest BCUT2D eigenvalue weighted by molar-refractivity contribution is 7.99. The van der Waals surface area contributed by atoms with Crippen molar-refractivity contribution in [3.8, 4) is 0 Å². The number of hydrogen-bond acceptors (Lipinski definition) is 3. The Morgan fingerprint density at radius 3 is 2.47 bits per heavy atom. The fraction of sp³-hybridized carbons (Fsp3) is 0.923. The summed E-state index contributed by atoms with van der Waals surface area (Å²) in [6.45, 7) is 4.40. The number of aliphatic hydroxyl groups is 1. The van der Waals surface area contributed by atoms with E-state index in [-0.39, 0.29) is 5.92 Å². The van der Waals surface area contributed by atoms with Gasteiger partial charge in [-0.25, -0.2) is 0 Å². The van der Waals surface area contributed by atoms with Crippen LogP contribution < -0.4 is 0 Å². The first-order valence-corrected chi connectivity index (χ1v) is 7.61. The second-order valence-corrected chi connectivity index (χ2v) is 6.68. The lowest BCUT2D eigenvalue weighted by Crippen LogP contribution is -2.38. The first-order chi connectivity index (χ1) is 7.93. The van der Waals surface area contributed by atoms with Gasteiger partial charge in [0.2, 0.25) is 0 Å². The Hall–Kier alpha value is -0.220. The standard InChI is InChI=1S/C13H24O3S/c1-10(2)5-8-17-9-13(16)6-3-11(4-7-13)12(14)15/h10-11,16H,3-9H2,1-2H3,(H,14,15). The van der Waals surface area contributed by atoms with Crippen molar-refractivity contribution in [1.29, 1.82) is 0 Å². The van der Waals surface area contributed by atoms with Crippen molar-refractivity contribution in [3.05, 3.63) is 0 Å². The van der Waals surface area contributed by atoms with Crippen molar-refractivity contribution in [3.63, 3.8) is 0 Å². The van der Waals surface area contributed by atoms with Crippen molar-refractivity contribution in [2.75, 3.05) is 11.5 Å². The third-order valence-corrected chi connectivity index (χ3v) is 4.74. The van der Waals surface area contributed by atoms with Crippen LogP contribution in [0.3, 0.4) is 0 Å². The molecule has 100 valence electrons. The van der Waals surface area contributed by atoms with Crippen LogP contribution in [0.4, 0.5) is 0 Å². The quantitative estimate of drug-likeness (QED) is 0.721. The van der Waals surface area contributed by atoms with Gasteiger partial charge in [0.05, 0.1) is 11.5 Å². The summed E-state index contributed by atoms with van der Waals surface area (Å²) in [5, 5.41) is 19.2. The first-order valence-electron chi connectivity index (χ1n) is 6.46. The summed E-state index contributed by atoms with van der Waals surface area (Å²) >= 11 is 1.80. The minimum absolute atomic E-state index is 0.240. The first kappa shape index (κ1) is 14.8. The van der Waals surface area contributed by atoms with Gasteiger partial charge in [0.25, 0.3) is 0 Å². The van der Waals surface area contributed by atoms with E-state index in [2.05, 4.69) is 13.8 Å². The van der Waals surface area contributed by atoms with Crippen LogP contribution in [0.5, 0.6) is 0 Å². The van der Waals surface area contributed by atoms with E-state index in [0.717, 1.165) is 11.5 Å². The molecule has 0 saturated heterocycles. The molecule has 0 unspecified atom stereocenters. The molecule has 1 rings (SSSR count). The fourth-order valence-corrected chi connectivity index (χ4v) is 3.58. The van der Waals surface area contributed by atoms with Crippen LogP contribution >= 0.6 is 11.8 Å². The summed E-state index contributed by atoms with van der Waals surface area (Å²) in [5.74, 6) is 1.60. The van der Waals surface area contributed by atoms with Crippen LogP contribution in [-0.2, 0) is 4.79 Å². The average Bonchev–Trinajstić information content (AvgIpc) is 2.25. The number of hydrogen-bond donors (Lipinski definition) is 2. The van der Waals surface area contributed by atoms with Gasteiger partial charge in [0.1, 0.15) is 0 Å². The molecule has 0 amide bonds. The molecule has 0 bridgehead atoms. The van der Waals surface area contributed by atoms with Gasteiger partial charge in [0.15, 0.2) is 0 Å². The third-order valence-electron chi connectivity index (χ3n) is 3.48. The predicted octanol–water partition coefficient (Wildman–Crippen LogP) is 2.77. The zero-order valence-corrected chi connectivity index (χ0v) is 11.6. The van der Waals surface area contributed by atoms with Gasteiger partial charge < -0.3 is 10.2 Å². The van der Waals surface area contributed by atoms with Crippen molar-refractivity contribution >= 4 is 17.7 Å². The molecule has 0 heterocycles. The molecular formula is C13H24O3S.